The molecule has 1 fully saturated rings. The molecule has 3 atom stereocenters. The Labute approximate surface area is 187 Å². The molecule has 1 amide bonds. The summed E-state index contributed by atoms with van der Waals surface area (Å²) in [5.41, 5.74) is 5.63. The lowest BCUT2D eigenvalue weighted by molar-refractivity contribution is -0.0540. The molecule has 2 aromatic heterocycles. The zero-order valence-corrected chi connectivity index (χ0v) is 18.3. The predicted molar refractivity (Wildman–Crippen MR) is 113 cm³/mol. The number of aliphatic imine (C=N–C) groups is 1. The topological polar surface area (TPSA) is 121 Å². The number of aryl methyl sites for hydroxylation is 1. The van der Waals surface area contributed by atoms with Gasteiger partial charge in [0.2, 0.25) is 0 Å². The van der Waals surface area contributed by atoms with Gasteiger partial charge in [-0.05, 0) is 44.2 Å². The number of thiazole rings is 1. The molecular weight excluding hydrogens is 444 g/mol. The molecule has 4 heterocycles. The van der Waals surface area contributed by atoms with Crippen LogP contribution in [-0.2, 0) is 15.0 Å². The van der Waals surface area contributed by atoms with Gasteiger partial charge >= 0.3 is 6.61 Å². The van der Waals surface area contributed by atoms with E-state index < -0.39 is 18.1 Å². The molecule has 3 N–H and O–H groups in total. The Morgan fingerprint density at radius 2 is 2.28 bits per heavy atom. The van der Waals surface area contributed by atoms with Gasteiger partial charge in [0.1, 0.15) is 27.8 Å². The number of hydrogen-bond donors (Lipinski definition) is 2. The first-order valence-corrected chi connectivity index (χ1v) is 10.9. The van der Waals surface area contributed by atoms with Crippen molar-refractivity contribution in [2.24, 2.45) is 16.6 Å². The van der Waals surface area contributed by atoms with Gasteiger partial charge in [0.25, 0.3) is 11.9 Å². The second-order valence-corrected chi connectivity index (χ2v) is 8.63. The molecular formula is C20H23F2N5O4S. The van der Waals surface area contributed by atoms with Crippen molar-refractivity contribution < 1.29 is 27.8 Å². The second kappa shape index (κ2) is 8.94. The number of ether oxygens (including phenoxy) is 3. The van der Waals surface area contributed by atoms with Crippen LogP contribution in [0.4, 0.5) is 14.6 Å². The van der Waals surface area contributed by atoms with Crippen LogP contribution in [0, 0.1) is 12.8 Å². The lowest BCUT2D eigenvalue weighted by atomic mass is 9.78. The number of amidine groups is 1. The summed E-state index contributed by atoms with van der Waals surface area (Å²) in [6, 6.07) is 1.42. The maximum absolute atomic E-state index is 12.7. The highest BCUT2D eigenvalue weighted by molar-refractivity contribution is 7.10. The lowest BCUT2D eigenvalue weighted by Gasteiger charge is -2.40. The van der Waals surface area contributed by atoms with E-state index in [1.807, 2.05) is 6.92 Å². The van der Waals surface area contributed by atoms with Crippen molar-refractivity contribution in [3.8, 4) is 5.75 Å². The van der Waals surface area contributed by atoms with Crippen molar-refractivity contribution in [1.82, 2.24) is 9.97 Å². The van der Waals surface area contributed by atoms with E-state index in [9.17, 15) is 13.6 Å². The van der Waals surface area contributed by atoms with E-state index in [0.29, 0.717) is 29.6 Å². The number of carbonyl (C=O) groups is 1. The molecule has 1 saturated heterocycles. The fourth-order valence-corrected chi connectivity index (χ4v) is 4.97. The zero-order chi connectivity index (χ0) is 22.9. The summed E-state index contributed by atoms with van der Waals surface area (Å²) < 4.78 is 40.4. The van der Waals surface area contributed by atoms with E-state index in [2.05, 4.69) is 25.0 Å². The number of amides is 1. The molecule has 32 heavy (non-hydrogen) atoms. The van der Waals surface area contributed by atoms with E-state index in [4.69, 9.17) is 15.2 Å². The summed E-state index contributed by atoms with van der Waals surface area (Å²) in [5, 5.41) is 5.08. The molecule has 0 aromatic carbocycles. The van der Waals surface area contributed by atoms with Crippen LogP contribution in [0.1, 0.15) is 40.8 Å². The number of hydrogen-bond acceptors (Lipinski definition) is 9. The van der Waals surface area contributed by atoms with Gasteiger partial charge in [-0.2, -0.15) is 8.78 Å². The maximum atomic E-state index is 12.7. The number of alkyl halides is 2. The van der Waals surface area contributed by atoms with Crippen LogP contribution in [0.15, 0.2) is 22.6 Å². The Bertz CT molecular complexity index is 1030. The highest BCUT2D eigenvalue weighted by atomic mass is 32.1. The van der Waals surface area contributed by atoms with E-state index in [0.717, 1.165) is 19.0 Å². The van der Waals surface area contributed by atoms with Crippen LogP contribution < -0.4 is 15.8 Å². The molecule has 2 aliphatic rings. The van der Waals surface area contributed by atoms with Crippen molar-refractivity contribution in [3.63, 3.8) is 0 Å². The summed E-state index contributed by atoms with van der Waals surface area (Å²) >= 11 is 1.35. The summed E-state index contributed by atoms with van der Waals surface area (Å²) in [6.07, 6.45) is 2.72. The molecule has 0 unspecified atom stereocenters. The quantitative estimate of drug-likeness (QED) is 0.693. The normalized spacial score (nSPS) is 25.3. The maximum Gasteiger partial charge on any atom is 0.387 e. The smallest absolute Gasteiger partial charge is 0.387 e. The number of fused-ring (bicyclic) bond motifs is 1. The largest absolute Gasteiger partial charge is 0.465 e. The number of nitrogens with one attached hydrogen (secondary N) is 1. The van der Waals surface area contributed by atoms with Crippen LogP contribution in [0.25, 0.3) is 0 Å². The lowest BCUT2D eigenvalue weighted by Crippen LogP contribution is -2.45. The van der Waals surface area contributed by atoms with Crippen molar-refractivity contribution >= 4 is 29.1 Å². The minimum atomic E-state index is -2.97. The first kappa shape index (κ1) is 22.3. The third-order valence-corrected chi connectivity index (χ3v) is 6.52. The van der Waals surface area contributed by atoms with Gasteiger partial charge in [-0.15, -0.1) is 11.3 Å². The average molecular weight is 467 g/mol. The van der Waals surface area contributed by atoms with Crippen LogP contribution in [0.2, 0.25) is 0 Å². The zero-order valence-electron chi connectivity index (χ0n) is 17.5. The number of rotatable bonds is 5. The number of pyridine rings is 1. The first-order chi connectivity index (χ1) is 15.3. The highest BCUT2D eigenvalue weighted by Gasteiger charge is 2.48. The SMILES string of the molecule is Cc1cc(OC(F)F)cnc1C(=O)Nc1csc([C@]23CO[C@@H](C)C[C@H]2CCOC(N)=N3)n1. The molecule has 0 aliphatic carbocycles. The molecule has 0 bridgehead atoms. The van der Waals surface area contributed by atoms with E-state index in [1.165, 1.54) is 17.4 Å². The summed E-state index contributed by atoms with van der Waals surface area (Å²) in [6.45, 7) is 1.42. The minimum Gasteiger partial charge on any atom is -0.465 e. The van der Waals surface area contributed by atoms with Gasteiger partial charge in [0.05, 0.1) is 25.5 Å². The monoisotopic (exact) mass is 467 g/mol. The number of carbonyl (C=O) groups excluding carboxylic acids is 1. The Balaban J connectivity index is 1.56. The van der Waals surface area contributed by atoms with Gasteiger partial charge < -0.3 is 25.3 Å². The number of nitrogens with zero attached hydrogens (tertiary/aromatic N) is 3. The Morgan fingerprint density at radius 3 is 3.03 bits per heavy atom. The molecule has 0 saturated carbocycles. The second-order valence-electron chi connectivity index (χ2n) is 7.77. The number of anilines is 1. The molecule has 4 rings (SSSR count). The molecule has 2 aliphatic heterocycles. The third-order valence-electron chi connectivity index (χ3n) is 5.52. The average Bonchev–Trinajstić information content (AvgIpc) is 3.11. The van der Waals surface area contributed by atoms with Crippen molar-refractivity contribution in [1.29, 1.82) is 0 Å². The molecule has 2 aromatic rings. The fraction of sp³-hybridized carbons (Fsp3) is 0.500. The van der Waals surface area contributed by atoms with Crippen molar-refractivity contribution in [2.75, 3.05) is 18.5 Å². The van der Waals surface area contributed by atoms with Gasteiger partial charge in [-0.1, -0.05) is 0 Å². The predicted octanol–water partition coefficient (Wildman–Crippen LogP) is 3.06. The number of halogens is 2. The Hall–Kier alpha value is -2.86. The number of aromatic nitrogens is 2. The fourth-order valence-electron chi connectivity index (χ4n) is 4.01. The van der Waals surface area contributed by atoms with E-state index in [1.54, 1.807) is 12.3 Å². The first-order valence-electron chi connectivity index (χ1n) is 10.1. The van der Waals surface area contributed by atoms with E-state index in [-0.39, 0.29) is 29.5 Å². The standard InChI is InChI=1S/C20H23F2N5O4S/c1-10-5-13(31-18(21)22)7-24-15(10)16(28)25-14-8-32-17(26-14)20-9-30-11(2)6-12(20)3-4-29-19(23)27-20/h5,7-8,11-12,18H,3-4,6,9H2,1-2H3,(H2,23,27)(H,25,28)/t11-,12+,20-/m0/s1. The Morgan fingerprint density at radius 1 is 1.47 bits per heavy atom. The summed E-state index contributed by atoms with van der Waals surface area (Å²) in [5.74, 6) is -0.173. The molecule has 172 valence electrons. The van der Waals surface area contributed by atoms with Crippen molar-refractivity contribution in [3.05, 3.63) is 33.9 Å². The molecule has 0 spiro atoms. The van der Waals surface area contributed by atoms with Crippen LogP contribution in [0.3, 0.4) is 0 Å². The van der Waals surface area contributed by atoms with Crippen LogP contribution in [0.5, 0.6) is 5.75 Å². The molecule has 0 radical (unpaired) electrons. The van der Waals surface area contributed by atoms with Crippen LogP contribution >= 0.6 is 11.3 Å². The van der Waals surface area contributed by atoms with Crippen LogP contribution in [-0.4, -0.2) is 47.8 Å². The van der Waals surface area contributed by atoms with E-state index >= 15 is 0 Å². The number of nitrogens with two attached hydrogens (primary N) is 1. The summed E-state index contributed by atoms with van der Waals surface area (Å²) in [7, 11) is 0. The van der Waals surface area contributed by atoms with Gasteiger partial charge in [-0.25, -0.2) is 15.0 Å². The van der Waals surface area contributed by atoms with Crippen molar-refractivity contribution in [2.45, 2.75) is 44.9 Å². The molecule has 12 heteroatoms. The highest BCUT2D eigenvalue weighted by Crippen LogP contribution is 2.45. The van der Waals surface area contributed by atoms with Gasteiger partial charge in [-0.3, -0.25) is 4.79 Å². The minimum absolute atomic E-state index is 0.0807. The third kappa shape index (κ3) is 4.51. The molecule has 9 nitrogen and oxygen atoms in total. The van der Waals surface area contributed by atoms with Gasteiger partial charge in [0.15, 0.2) is 0 Å². The Kier molecular flexibility index (Phi) is 6.24. The van der Waals surface area contributed by atoms with Gasteiger partial charge in [0, 0.05) is 5.38 Å². The summed E-state index contributed by atoms with van der Waals surface area (Å²) in [4.78, 5) is 25.9.